The Morgan fingerprint density at radius 1 is 1.14 bits per heavy atom. The monoisotopic (exact) mass is 280 g/mol. The van der Waals surface area contributed by atoms with Crippen LogP contribution in [-0.2, 0) is 4.84 Å². The molecular formula is C15H12N4O2. The predicted octanol–water partition coefficient (Wildman–Crippen LogP) is 2.03. The van der Waals surface area contributed by atoms with Crippen LogP contribution >= 0.6 is 0 Å². The second-order valence-electron chi connectivity index (χ2n) is 4.54. The van der Waals surface area contributed by atoms with Crippen LogP contribution in [0.2, 0.25) is 0 Å². The van der Waals surface area contributed by atoms with Gasteiger partial charge < -0.3 is 4.84 Å². The van der Waals surface area contributed by atoms with Crippen LogP contribution in [0.4, 0.5) is 0 Å². The van der Waals surface area contributed by atoms with Crippen molar-refractivity contribution in [1.82, 2.24) is 15.0 Å². The standard InChI is InChI=1S/C15H12N4O2/c1-9-2-3-17-8-12(9)11-6-10(15(20)21-16)7-13-14(11)19-5-4-18-13/h2-8H,16H2,1H3. The lowest BCUT2D eigenvalue weighted by Gasteiger charge is -2.10. The quantitative estimate of drug-likeness (QED) is 0.722. The molecule has 6 heteroatoms. The lowest BCUT2D eigenvalue weighted by Crippen LogP contribution is -2.10. The minimum absolute atomic E-state index is 0.323. The van der Waals surface area contributed by atoms with Crippen molar-refractivity contribution in [3.8, 4) is 11.1 Å². The van der Waals surface area contributed by atoms with Crippen LogP contribution in [-0.4, -0.2) is 20.9 Å². The molecule has 0 aliphatic carbocycles. The maximum absolute atomic E-state index is 11.7. The van der Waals surface area contributed by atoms with Crippen molar-refractivity contribution in [3.63, 3.8) is 0 Å². The third-order valence-electron chi connectivity index (χ3n) is 3.25. The zero-order chi connectivity index (χ0) is 14.8. The molecule has 2 aromatic heterocycles. The molecule has 0 bridgehead atoms. The van der Waals surface area contributed by atoms with Crippen molar-refractivity contribution >= 4 is 17.0 Å². The van der Waals surface area contributed by atoms with Gasteiger partial charge in [0.05, 0.1) is 16.6 Å². The van der Waals surface area contributed by atoms with Crippen LogP contribution in [0, 0.1) is 6.92 Å². The zero-order valence-corrected chi connectivity index (χ0v) is 11.3. The molecule has 21 heavy (non-hydrogen) atoms. The molecule has 0 saturated carbocycles. The second-order valence-corrected chi connectivity index (χ2v) is 4.54. The Balaban J connectivity index is 2.34. The fourth-order valence-electron chi connectivity index (χ4n) is 2.21. The van der Waals surface area contributed by atoms with Gasteiger partial charge in [-0.3, -0.25) is 15.0 Å². The summed E-state index contributed by atoms with van der Waals surface area (Å²) in [4.78, 5) is 28.7. The molecular weight excluding hydrogens is 268 g/mol. The number of nitrogens with two attached hydrogens (primary N) is 1. The molecule has 0 unspecified atom stereocenters. The van der Waals surface area contributed by atoms with Gasteiger partial charge >= 0.3 is 5.97 Å². The predicted molar refractivity (Wildman–Crippen MR) is 77.1 cm³/mol. The van der Waals surface area contributed by atoms with Crippen molar-refractivity contribution < 1.29 is 9.63 Å². The Bertz CT molecular complexity index is 833. The van der Waals surface area contributed by atoms with E-state index in [2.05, 4.69) is 19.8 Å². The van der Waals surface area contributed by atoms with Crippen molar-refractivity contribution in [3.05, 3.63) is 54.1 Å². The fraction of sp³-hybridized carbons (Fsp3) is 0.0667. The minimum atomic E-state index is -0.620. The number of carbonyl (C=O) groups is 1. The summed E-state index contributed by atoms with van der Waals surface area (Å²) in [6.07, 6.45) is 6.62. The van der Waals surface area contributed by atoms with E-state index in [1.165, 1.54) is 0 Å². The number of fused-ring (bicyclic) bond motifs is 1. The van der Waals surface area contributed by atoms with Crippen LogP contribution < -0.4 is 5.90 Å². The number of rotatable bonds is 2. The molecule has 2 N–H and O–H groups in total. The van der Waals surface area contributed by atoms with Gasteiger partial charge in [-0.05, 0) is 30.7 Å². The molecule has 104 valence electrons. The highest BCUT2D eigenvalue weighted by atomic mass is 16.7. The normalized spacial score (nSPS) is 10.6. The molecule has 0 fully saturated rings. The number of nitrogens with zero attached hydrogens (tertiary/aromatic N) is 3. The third-order valence-corrected chi connectivity index (χ3v) is 3.25. The summed E-state index contributed by atoms with van der Waals surface area (Å²) in [6, 6.07) is 5.19. The first kappa shape index (κ1) is 13.1. The molecule has 2 heterocycles. The Hall–Kier alpha value is -2.86. The number of hydrogen-bond acceptors (Lipinski definition) is 6. The summed E-state index contributed by atoms with van der Waals surface area (Å²) >= 11 is 0. The average Bonchev–Trinajstić information content (AvgIpc) is 2.53. The SMILES string of the molecule is Cc1ccncc1-c1cc(C(=O)ON)cc2nccnc12. The zero-order valence-electron chi connectivity index (χ0n) is 11.3. The highest BCUT2D eigenvalue weighted by Crippen LogP contribution is 2.29. The molecule has 3 rings (SSSR count). The van der Waals surface area contributed by atoms with Crippen LogP contribution in [0.1, 0.15) is 15.9 Å². The summed E-state index contributed by atoms with van der Waals surface area (Å²) in [5.41, 5.74) is 4.29. The van der Waals surface area contributed by atoms with Crippen molar-refractivity contribution in [2.45, 2.75) is 6.92 Å². The summed E-state index contributed by atoms with van der Waals surface area (Å²) in [6.45, 7) is 1.97. The van der Waals surface area contributed by atoms with E-state index in [0.717, 1.165) is 16.7 Å². The smallest absolute Gasteiger partial charge is 0.356 e. The van der Waals surface area contributed by atoms with Gasteiger partial charge in [0.2, 0.25) is 0 Å². The number of benzene rings is 1. The van der Waals surface area contributed by atoms with Crippen molar-refractivity contribution in [2.75, 3.05) is 0 Å². The Labute approximate surface area is 120 Å². The van der Waals surface area contributed by atoms with Crippen LogP contribution in [0.25, 0.3) is 22.2 Å². The molecule has 0 amide bonds. The van der Waals surface area contributed by atoms with Crippen LogP contribution in [0.5, 0.6) is 0 Å². The summed E-state index contributed by atoms with van der Waals surface area (Å²) in [7, 11) is 0. The fourth-order valence-corrected chi connectivity index (χ4v) is 2.21. The first-order valence-corrected chi connectivity index (χ1v) is 6.27. The molecule has 3 aromatic rings. The molecule has 0 radical (unpaired) electrons. The number of carbonyl (C=O) groups excluding carboxylic acids is 1. The number of pyridine rings is 1. The minimum Gasteiger partial charge on any atom is -0.370 e. The van der Waals surface area contributed by atoms with Gasteiger partial charge in [0.1, 0.15) is 0 Å². The Morgan fingerprint density at radius 3 is 2.71 bits per heavy atom. The van der Waals surface area contributed by atoms with E-state index >= 15 is 0 Å². The van der Waals surface area contributed by atoms with Gasteiger partial charge in [0.15, 0.2) is 0 Å². The number of aromatic nitrogens is 3. The van der Waals surface area contributed by atoms with Crippen LogP contribution in [0.3, 0.4) is 0 Å². The van der Waals surface area contributed by atoms with Crippen LogP contribution in [0.15, 0.2) is 43.0 Å². The second kappa shape index (κ2) is 5.26. The van der Waals surface area contributed by atoms with Crippen molar-refractivity contribution in [2.24, 2.45) is 5.90 Å². The molecule has 0 aliphatic rings. The van der Waals surface area contributed by atoms with E-state index in [0.29, 0.717) is 16.6 Å². The van der Waals surface area contributed by atoms with Crippen molar-refractivity contribution in [1.29, 1.82) is 0 Å². The van der Waals surface area contributed by atoms with E-state index in [1.54, 1.807) is 36.9 Å². The lowest BCUT2D eigenvalue weighted by atomic mass is 9.99. The molecule has 0 saturated heterocycles. The highest BCUT2D eigenvalue weighted by molar-refractivity contribution is 6.00. The van der Waals surface area contributed by atoms with Gasteiger partial charge in [-0.1, -0.05) is 0 Å². The largest absolute Gasteiger partial charge is 0.370 e. The van der Waals surface area contributed by atoms with E-state index in [4.69, 9.17) is 5.90 Å². The molecule has 0 atom stereocenters. The molecule has 1 aromatic carbocycles. The Morgan fingerprint density at radius 2 is 1.95 bits per heavy atom. The maximum atomic E-state index is 11.7. The topological polar surface area (TPSA) is 91.0 Å². The summed E-state index contributed by atoms with van der Waals surface area (Å²) in [5, 5.41) is 0. The van der Waals surface area contributed by atoms with E-state index in [1.807, 2.05) is 13.0 Å². The summed E-state index contributed by atoms with van der Waals surface area (Å²) in [5.74, 6) is 4.35. The molecule has 0 spiro atoms. The number of hydrogen-bond donors (Lipinski definition) is 1. The first-order valence-electron chi connectivity index (χ1n) is 6.27. The van der Waals surface area contributed by atoms with Gasteiger partial charge in [-0.25, -0.2) is 4.79 Å². The van der Waals surface area contributed by atoms with E-state index < -0.39 is 5.97 Å². The molecule has 0 aliphatic heterocycles. The maximum Gasteiger partial charge on any atom is 0.356 e. The van der Waals surface area contributed by atoms with E-state index in [9.17, 15) is 4.79 Å². The van der Waals surface area contributed by atoms with Gasteiger partial charge in [-0.2, -0.15) is 5.90 Å². The third kappa shape index (κ3) is 2.32. The molecule has 6 nitrogen and oxygen atoms in total. The van der Waals surface area contributed by atoms with Gasteiger partial charge in [-0.15, -0.1) is 0 Å². The summed E-state index contributed by atoms with van der Waals surface area (Å²) < 4.78 is 0. The lowest BCUT2D eigenvalue weighted by molar-refractivity contribution is 0.0503. The first-order chi connectivity index (χ1) is 10.2. The highest BCUT2D eigenvalue weighted by Gasteiger charge is 2.15. The Kier molecular flexibility index (Phi) is 3.29. The van der Waals surface area contributed by atoms with Gasteiger partial charge in [0.25, 0.3) is 0 Å². The van der Waals surface area contributed by atoms with E-state index in [-0.39, 0.29) is 0 Å². The number of aryl methyl sites for hydroxylation is 1. The average molecular weight is 280 g/mol. The van der Waals surface area contributed by atoms with Gasteiger partial charge in [0, 0.05) is 35.9 Å².